The SMILES string of the molecule is CCCNC(=O)CCNC(=O)NC(C(=O)O)C(C)C. The molecule has 1 unspecified atom stereocenters. The normalized spacial score (nSPS) is 11.8. The van der Waals surface area contributed by atoms with Crippen LogP contribution >= 0.6 is 0 Å². The molecule has 3 amide bonds. The van der Waals surface area contributed by atoms with Crippen LogP contribution in [0.2, 0.25) is 0 Å². The summed E-state index contributed by atoms with van der Waals surface area (Å²) in [5.41, 5.74) is 0. The zero-order valence-corrected chi connectivity index (χ0v) is 11.7. The summed E-state index contributed by atoms with van der Waals surface area (Å²) in [6.45, 7) is 6.14. The largest absolute Gasteiger partial charge is 0.480 e. The lowest BCUT2D eigenvalue weighted by Crippen LogP contribution is -2.49. The van der Waals surface area contributed by atoms with Gasteiger partial charge in [-0.15, -0.1) is 0 Å². The van der Waals surface area contributed by atoms with E-state index in [2.05, 4.69) is 16.0 Å². The fourth-order valence-corrected chi connectivity index (χ4v) is 1.35. The molecule has 7 nitrogen and oxygen atoms in total. The van der Waals surface area contributed by atoms with Crippen LogP contribution in [0.25, 0.3) is 0 Å². The van der Waals surface area contributed by atoms with Crippen LogP contribution in [0.3, 0.4) is 0 Å². The average Bonchev–Trinajstić information content (AvgIpc) is 2.32. The zero-order chi connectivity index (χ0) is 14.8. The van der Waals surface area contributed by atoms with E-state index in [1.54, 1.807) is 13.8 Å². The lowest BCUT2D eigenvalue weighted by atomic mass is 10.1. The van der Waals surface area contributed by atoms with Crippen LogP contribution < -0.4 is 16.0 Å². The number of carboxylic acid groups (broad SMARTS) is 1. The minimum Gasteiger partial charge on any atom is -0.480 e. The van der Waals surface area contributed by atoms with Crippen molar-refractivity contribution >= 4 is 17.9 Å². The highest BCUT2D eigenvalue weighted by molar-refractivity contribution is 5.83. The van der Waals surface area contributed by atoms with Gasteiger partial charge < -0.3 is 21.1 Å². The van der Waals surface area contributed by atoms with E-state index in [-0.39, 0.29) is 24.8 Å². The second-order valence-corrected chi connectivity index (χ2v) is 4.56. The van der Waals surface area contributed by atoms with Gasteiger partial charge in [-0.05, 0) is 12.3 Å². The standard InChI is InChI=1S/C12H23N3O4/c1-4-6-13-9(16)5-7-14-12(19)15-10(8(2)3)11(17)18/h8,10H,4-7H2,1-3H3,(H,13,16)(H,17,18)(H2,14,15,19). The molecule has 1 atom stereocenters. The van der Waals surface area contributed by atoms with E-state index in [0.29, 0.717) is 6.54 Å². The van der Waals surface area contributed by atoms with E-state index in [1.807, 2.05) is 6.92 Å². The Balaban J connectivity index is 3.92. The van der Waals surface area contributed by atoms with Gasteiger partial charge in [0, 0.05) is 19.5 Å². The summed E-state index contributed by atoms with van der Waals surface area (Å²) in [5, 5.41) is 16.4. The summed E-state index contributed by atoms with van der Waals surface area (Å²) in [6.07, 6.45) is 1.03. The monoisotopic (exact) mass is 273 g/mol. The maximum absolute atomic E-state index is 11.4. The number of carbonyl (C=O) groups is 3. The summed E-state index contributed by atoms with van der Waals surface area (Å²) in [5.74, 6) is -1.43. The van der Waals surface area contributed by atoms with Crippen molar-refractivity contribution in [2.45, 2.75) is 39.7 Å². The zero-order valence-electron chi connectivity index (χ0n) is 11.7. The molecule has 0 fully saturated rings. The second-order valence-electron chi connectivity index (χ2n) is 4.56. The number of carboxylic acids is 1. The fraction of sp³-hybridized carbons (Fsp3) is 0.750. The molecule has 0 bridgehead atoms. The van der Waals surface area contributed by atoms with Crippen molar-refractivity contribution in [3.8, 4) is 0 Å². The van der Waals surface area contributed by atoms with Gasteiger partial charge in [0.05, 0.1) is 0 Å². The lowest BCUT2D eigenvalue weighted by molar-refractivity contribution is -0.140. The van der Waals surface area contributed by atoms with E-state index in [0.717, 1.165) is 6.42 Å². The minimum absolute atomic E-state index is 0.138. The molecular formula is C12H23N3O4. The molecule has 0 saturated carbocycles. The Morgan fingerprint density at radius 3 is 2.21 bits per heavy atom. The van der Waals surface area contributed by atoms with Gasteiger partial charge in [-0.3, -0.25) is 4.79 Å². The third kappa shape index (κ3) is 8.01. The van der Waals surface area contributed by atoms with Crippen LogP contribution in [-0.2, 0) is 9.59 Å². The highest BCUT2D eigenvalue weighted by Crippen LogP contribution is 2.01. The Morgan fingerprint density at radius 1 is 1.11 bits per heavy atom. The van der Waals surface area contributed by atoms with Crippen LogP contribution in [0.1, 0.15) is 33.6 Å². The fourth-order valence-electron chi connectivity index (χ4n) is 1.35. The first-order chi connectivity index (χ1) is 8.88. The van der Waals surface area contributed by atoms with Crippen molar-refractivity contribution in [2.75, 3.05) is 13.1 Å². The Morgan fingerprint density at radius 2 is 1.74 bits per heavy atom. The molecular weight excluding hydrogens is 250 g/mol. The molecule has 0 aliphatic carbocycles. The Bertz CT molecular complexity index is 318. The first-order valence-corrected chi connectivity index (χ1v) is 6.42. The summed E-state index contributed by atoms with van der Waals surface area (Å²) >= 11 is 0. The summed E-state index contributed by atoms with van der Waals surface area (Å²) in [4.78, 5) is 33.6. The smallest absolute Gasteiger partial charge is 0.326 e. The number of nitrogens with one attached hydrogen (secondary N) is 3. The van der Waals surface area contributed by atoms with Crippen LogP contribution in [0.5, 0.6) is 0 Å². The third-order valence-electron chi connectivity index (χ3n) is 2.43. The van der Waals surface area contributed by atoms with E-state index in [1.165, 1.54) is 0 Å². The molecule has 4 N–H and O–H groups in total. The number of hydrogen-bond acceptors (Lipinski definition) is 3. The van der Waals surface area contributed by atoms with Gasteiger partial charge in [-0.2, -0.15) is 0 Å². The Hall–Kier alpha value is -1.79. The molecule has 0 saturated heterocycles. The summed E-state index contributed by atoms with van der Waals surface area (Å²) in [6, 6.07) is -1.52. The molecule has 7 heteroatoms. The van der Waals surface area contributed by atoms with Crippen LogP contribution in [-0.4, -0.2) is 42.1 Å². The average molecular weight is 273 g/mol. The van der Waals surface area contributed by atoms with Gasteiger partial charge in [0.2, 0.25) is 5.91 Å². The molecule has 0 aliphatic rings. The van der Waals surface area contributed by atoms with E-state index in [9.17, 15) is 14.4 Å². The molecule has 0 radical (unpaired) electrons. The minimum atomic E-state index is -1.08. The highest BCUT2D eigenvalue weighted by atomic mass is 16.4. The van der Waals surface area contributed by atoms with E-state index < -0.39 is 18.0 Å². The van der Waals surface area contributed by atoms with Crippen molar-refractivity contribution in [1.29, 1.82) is 0 Å². The van der Waals surface area contributed by atoms with Crippen molar-refractivity contribution in [3.63, 3.8) is 0 Å². The molecule has 0 rings (SSSR count). The third-order valence-corrected chi connectivity index (χ3v) is 2.43. The first-order valence-electron chi connectivity index (χ1n) is 6.42. The maximum atomic E-state index is 11.4. The van der Waals surface area contributed by atoms with Gasteiger partial charge >= 0.3 is 12.0 Å². The van der Waals surface area contributed by atoms with Gasteiger partial charge in [0.25, 0.3) is 0 Å². The first kappa shape index (κ1) is 17.2. The molecule has 0 spiro atoms. The van der Waals surface area contributed by atoms with Crippen LogP contribution in [0, 0.1) is 5.92 Å². The molecule has 0 aromatic carbocycles. The lowest BCUT2D eigenvalue weighted by Gasteiger charge is -2.18. The molecule has 0 aromatic rings. The van der Waals surface area contributed by atoms with Crippen molar-refractivity contribution in [2.24, 2.45) is 5.92 Å². The maximum Gasteiger partial charge on any atom is 0.326 e. The predicted octanol–water partition coefficient (Wildman–Crippen LogP) is 0.311. The number of carbonyl (C=O) groups excluding carboxylic acids is 2. The van der Waals surface area contributed by atoms with Crippen molar-refractivity contribution < 1.29 is 19.5 Å². The summed E-state index contributed by atoms with van der Waals surface area (Å²) in [7, 11) is 0. The molecule has 110 valence electrons. The van der Waals surface area contributed by atoms with Gasteiger partial charge in [0.15, 0.2) is 0 Å². The van der Waals surface area contributed by atoms with Crippen molar-refractivity contribution in [3.05, 3.63) is 0 Å². The van der Waals surface area contributed by atoms with Crippen LogP contribution in [0.15, 0.2) is 0 Å². The Kier molecular flexibility index (Phi) is 8.32. The summed E-state index contributed by atoms with van der Waals surface area (Å²) < 4.78 is 0. The highest BCUT2D eigenvalue weighted by Gasteiger charge is 2.23. The van der Waals surface area contributed by atoms with E-state index >= 15 is 0 Å². The van der Waals surface area contributed by atoms with Gasteiger partial charge in [-0.25, -0.2) is 9.59 Å². The number of amides is 3. The number of aliphatic carboxylic acids is 1. The molecule has 0 aromatic heterocycles. The number of urea groups is 1. The van der Waals surface area contributed by atoms with Crippen molar-refractivity contribution in [1.82, 2.24) is 16.0 Å². The van der Waals surface area contributed by atoms with Crippen LogP contribution in [0.4, 0.5) is 4.79 Å². The van der Waals surface area contributed by atoms with Gasteiger partial charge in [-0.1, -0.05) is 20.8 Å². The Labute approximate surface area is 113 Å². The molecule has 0 aliphatic heterocycles. The molecule has 19 heavy (non-hydrogen) atoms. The van der Waals surface area contributed by atoms with E-state index in [4.69, 9.17) is 5.11 Å². The van der Waals surface area contributed by atoms with Gasteiger partial charge in [0.1, 0.15) is 6.04 Å². The number of rotatable bonds is 8. The molecule has 0 heterocycles. The quantitative estimate of drug-likeness (QED) is 0.510. The second kappa shape index (κ2) is 9.18. The predicted molar refractivity (Wildman–Crippen MR) is 70.7 cm³/mol. The number of hydrogen-bond donors (Lipinski definition) is 4. The topological polar surface area (TPSA) is 108 Å².